The molecule has 0 N–H and O–H groups in total. The van der Waals surface area contributed by atoms with Gasteiger partial charge in [0.25, 0.3) is 0 Å². The Morgan fingerprint density at radius 3 is 0.458 bits per heavy atom. The molecule has 0 saturated carbocycles. The quantitative estimate of drug-likeness (QED) is 0.291. The minimum atomic E-state index is -0.637. The summed E-state index contributed by atoms with van der Waals surface area (Å²) in [5, 5.41) is 0. The van der Waals surface area contributed by atoms with E-state index in [1.54, 1.807) is 0 Å². The van der Waals surface area contributed by atoms with Crippen LogP contribution in [-0.2, 0) is 0 Å². The molecule has 0 aliphatic rings. The molecule has 8 heteroatoms. The molecule has 0 atom stereocenters. The second-order valence-corrected chi connectivity index (χ2v) is 80.4. The summed E-state index contributed by atoms with van der Waals surface area (Å²) in [6.45, 7) is 27.5. The summed E-state index contributed by atoms with van der Waals surface area (Å²) in [4.78, 5) is 0. The molecule has 0 rings (SSSR count). The van der Waals surface area contributed by atoms with Crippen LogP contribution in [-0.4, -0.2) is 103 Å². The van der Waals surface area contributed by atoms with Crippen LogP contribution < -0.4 is 0 Å². The SMILES string of the molecule is C[Si](C)(C)[As][Si](C)(C)C.C[Si](C)(C)[As][Si](C)(C)C.[CH3][Tl][CH3].[CH3][Tl][CH3]. The van der Waals surface area contributed by atoms with Gasteiger partial charge in [0.2, 0.25) is 0 Å². The summed E-state index contributed by atoms with van der Waals surface area (Å²) in [6, 6.07) is 0. The first-order valence-electron chi connectivity index (χ1n) is 9.20. The number of hydrogen-bond acceptors (Lipinski definition) is 0. The third-order valence-electron chi connectivity index (χ3n) is 1.34. The molecule has 0 aliphatic carbocycles. The van der Waals surface area contributed by atoms with Gasteiger partial charge < -0.3 is 0 Å². The molecule has 0 bridgehead atoms. The van der Waals surface area contributed by atoms with Crippen molar-refractivity contribution < 1.29 is 0 Å². The van der Waals surface area contributed by atoms with Gasteiger partial charge in [-0.3, -0.25) is 0 Å². The topological polar surface area (TPSA) is 0 Å². The Morgan fingerprint density at radius 1 is 0.375 bits per heavy atom. The Kier molecular flexibility index (Phi) is 26.0. The third kappa shape index (κ3) is 63.6. The van der Waals surface area contributed by atoms with Crippen molar-refractivity contribution in [2.75, 3.05) is 0 Å². The molecule has 0 unspecified atom stereocenters. The molecular weight excluding hydrogens is 863 g/mol. The van der Waals surface area contributed by atoms with E-state index in [2.05, 4.69) is 96.5 Å². The molecule has 144 valence electrons. The fourth-order valence-corrected chi connectivity index (χ4v) is 94.1. The van der Waals surface area contributed by atoms with Gasteiger partial charge >= 0.3 is 200 Å². The van der Waals surface area contributed by atoms with Gasteiger partial charge in [-0.25, -0.2) is 0 Å². The van der Waals surface area contributed by atoms with E-state index in [0.717, 1.165) is 28.9 Å². The van der Waals surface area contributed by atoms with Gasteiger partial charge in [-0.2, -0.15) is 0 Å². The predicted molar refractivity (Wildman–Crippen MR) is 140 cm³/mol. The van der Waals surface area contributed by atoms with Gasteiger partial charge in [0.15, 0.2) is 0 Å². The van der Waals surface area contributed by atoms with Crippen LogP contribution in [0.4, 0.5) is 0 Å². The third-order valence-corrected chi connectivity index (χ3v) is 62.7. The van der Waals surface area contributed by atoms with Crippen LogP contribution in [0.3, 0.4) is 0 Å². The molecule has 0 saturated heterocycles. The first-order chi connectivity index (χ1) is 10.2. The van der Waals surface area contributed by atoms with Gasteiger partial charge in [0.1, 0.15) is 0 Å². The summed E-state index contributed by atoms with van der Waals surface area (Å²) in [7, 11) is 0. The fraction of sp³-hybridized carbons (Fsp3) is 1.00. The van der Waals surface area contributed by atoms with Crippen LogP contribution in [0.15, 0.2) is 0 Å². The Balaban J connectivity index is -0.000000126. The van der Waals surface area contributed by atoms with Gasteiger partial charge in [-0.1, -0.05) is 0 Å². The number of hydrogen-bond donors (Lipinski definition) is 0. The van der Waals surface area contributed by atoms with Crippen molar-refractivity contribution in [3.05, 3.63) is 0 Å². The van der Waals surface area contributed by atoms with Gasteiger partial charge in [0.05, 0.1) is 0 Å². The van der Waals surface area contributed by atoms with Gasteiger partial charge in [-0.05, 0) is 0 Å². The van der Waals surface area contributed by atoms with Gasteiger partial charge in [0, 0.05) is 0 Å². The van der Waals surface area contributed by atoms with Crippen molar-refractivity contribution in [1.82, 2.24) is 0 Å². The van der Waals surface area contributed by atoms with Crippen LogP contribution in [0, 0.1) is 0 Å². The second kappa shape index (κ2) is 17.7. The van der Waals surface area contributed by atoms with E-state index in [4.69, 9.17) is 0 Å². The summed E-state index contributed by atoms with van der Waals surface area (Å²) < 4.78 is 9.33. The average Bonchev–Trinajstić information content (AvgIpc) is 2.06. The Bertz CT molecular complexity index is 213. The fourth-order valence-electron chi connectivity index (χ4n) is 2.01. The minimum absolute atomic E-state index is 0.000000000000000111. The predicted octanol–water partition coefficient (Wildman–Crippen LogP) is 6.29. The maximum absolute atomic E-state index is 2.51. The molecular formula is C16H48As2Si4Tl2. The normalized spacial score (nSPS) is 11.3. The van der Waals surface area contributed by atoms with E-state index in [9.17, 15) is 0 Å². The maximum atomic E-state index is 2.51. The van der Waals surface area contributed by atoms with E-state index >= 15 is 0 Å². The first-order valence-corrected chi connectivity index (χ1v) is 52.2. The van der Waals surface area contributed by atoms with Crippen molar-refractivity contribution in [3.8, 4) is 0 Å². The Morgan fingerprint density at radius 2 is 0.458 bits per heavy atom. The Labute approximate surface area is 197 Å². The van der Waals surface area contributed by atoms with Crippen molar-refractivity contribution in [2.45, 2.75) is 96.5 Å². The van der Waals surface area contributed by atoms with E-state index in [1.807, 2.05) is 0 Å². The Hall–Kier alpha value is 3.83. The van der Waals surface area contributed by atoms with Crippen molar-refractivity contribution in [3.63, 3.8) is 0 Å². The summed E-state index contributed by atoms with van der Waals surface area (Å²) in [5.41, 5.74) is 0. The van der Waals surface area contributed by atoms with Gasteiger partial charge in [-0.15, -0.1) is 0 Å². The summed E-state index contributed by atoms with van der Waals surface area (Å²) >= 11 is 1.51. The standard InChI is InChI=1S/2C6H18AsSi2.4CH3.2Tl/c2*1-8(2,3)7-9(4,5)6;;;;;;/h2*1-6H3;4*1H3;;. The molecule has 0 nitrogen and oxygen atoms in total. The summed E-state index contributed by atoms with van der Waals surface area (Å²) in [6.07, 6.45) is 0. The van der Waals surface area contributed by atoms with Crippen molar-refractivity contribution in [1.29, 1.82) is 0 Å². The van der Waals surface area contributed by atoms with Crippen LogP contribution in [0.1, 0.15) is 0 Å². The van der Waals surface area contributed by atoms with E-state index in [0.29, 0.717) is 0 Å². The summed E-state index contributed by atoms with van der Waals surface area (Å²) in [5.74, 6) is 0. The first kappa shape index (κ1) is 35.3. The van der Waals surface area contributed by atoms with Crippen LogP contribution in [0.5, 0.6) is 0 Å². The molecule has 0 heterocycles. The van der Waals surface area contributed by atoms with Crippen molar-refractivity contribution in [2.24, 2.45) is 0 Å². The molecule has 2 radical (unpaired) electrons. The molecule has 0 spiro atoms. The van der Waals surface area contributed by atoms with Crippen molar-refractivity contribution >= 4 is 103 Å². The number of rotatable bonds is 4. The molecule has 0 aromatic carbocycles. The van der Waals surface area contributed by atoms with Crippen LogP contribution in [0.2, 0.25) is 96.5 Å². The molecule has 24 heavy (non-hydrogen) atoms. The molecule has 0 aliphatic heterocycles. The van der Waals surface area contributed by atoms with Crippen LogP contribution in [0.25, 0.3) is 0 Å². The zero-order valence-corrected chi connectivity index (χ0v) is 36.8. The van der Waals surface area contributed by atoms with E-state index < -0.39 is 26.2 Å². The van der Waals surface area contributed by atoms with E-state index in [-0.39, 0.29) is 48.5 Å². The molecule has 0 fully saturated rings. The monoisotopic (exact) mass is 912 g/mol. The van der Waals surface area contributed by atoms with E-state index in [1.165, 1.54) is 0 Å². The molecule has 0 aromatic rings. The second-order valence-electron chi connectivity index (χ2n) is 10.1. The average molecular weight is 912 g/mol. The van der Waals surface area contributed by atoms with Crippen LogP contribution >= 0.6 is 0 Å². The molecule has 0 amide bonds. The molecule has 0 aromatic heterocycles. The zero-order chi connectivity index (χ0) is 20.8. The zero-order valence-electron chi connectivity index (χ0n) is 20.0.